The number of fused-ring (bicyclic) bond motifs is 1. The lowest BCUT2D eigenvalue weighted by Crippen LogP contribution is -2.38. The van der Waals surface area contributed by atoms with Crippen LogP contribution < -0.4 is 15.5 Å². The molecule has 42 heavy (non-hydrogen) atoms. The average molecular weight is 586 g/mol. The highest BCUT2D eigenvalue weighted by Gasteiger charge is 2.34. The van der Waals surface area contributed by atoms with Crippen LogP contribution in [0.15, 0.2) is 61.1 Å². The fourth-order valence-electron chi connectivity index (χ4n) is 5.57. The quantitative estimate of drug-likeness (QED) is 0.249. The Labute approximate surface area is 244 Å². The first-order valence-corrected chi connectivity index (χ1v) is 14.7. The van der Waals surface area contributed by atoms with Crippen molar-refractivity contribution >= 4 is 61.6 Å². The van der Waals surface area contributed by atoms with Crippen molar-refractivity contribution in [2.75, 3.05) is 49.6 Å². The van der Waals surface area contributed by atoms with Gasteiger partial charge in [0.05, 0.1) is 30.0 Å². The van der Waals surface area contributed by atoms with Crippen LogP contribution >= 0.6 is 11.3 Å². The minimum Gasteiger partial charge on any atom is -0.379 e. The highest BCUT2D eigenvalue weighted by Crippen LogP contribution is 2.44. The van der Waals surface area contributed by atoms with E-state index in [2.05, 4.69) is 25.5 Å². The summed E-state index contributed by atoms with van der Waals surface area (Å²) in [7, 11) is 0. The summed E-state index contributed by atoms with van der Waals surface area (Å²) in [4.78, 5) is 40.4. The lowest BCUT2D eigenvalue weighted by Gasteiger charge is -2.27. The van der Waals surface area contributed by atoms with Gasteiger partial charge in [-0.05, 0) is 54.9 Å². The third-order valence-electron chi connectivity index (χ3n) is 7.62. The van der Waals surface area contributed by atoms with Crippen LogP contribution in [0.4, 0.5) is 26.4 Å². The molecule has 0 unspecified atom stereocenters. The Bertz CT molecular complexity index is 1810. The molecule has 3 aromatic heterocycles. The molecule has 1 saturated heterocycles. The standard InChI is InChI=1S/C30H28FN7O3S/c31-21-4-1-3-19(15-21)17-37-10-7-20-16-22(5-6-23(20)37)38-27-24-25(35-30(38)40)26(42-29(24)34-18-33-27)28(39)32-8-2-9-36-11-13-41-14-12-36/h1,3-7,10,15-16,18H,2,8-9,11-14,17H2,(H,32,39)(H,35,40). The van der Waals surface area contributed by atoms with E-state index >= 15 is 0 Å². The molecule has 2 N–H and O–H groups in total. The number of hydrogen-bond donors (Lipinski definition) is 2. The number of nitrogens with zero attached hydrogens (tertiary/aromatic N) is 5. The Morgan fingerprint density at radius 2 is 2.00 bits per heavy atom. The van der Waals surface area contributed by atoms with E-state index in [-0.39, 0.29) is 11.7 Å². The summed E-state index contributed by atoms with van der Waals surface area (Å²) in [6.07, 6.45) is 4.19. The Morgan fingerprint density at radius 3 is 2.86 bits per heavy atom. The normalized spacial score (nSPS) is 15.4. The molecule has 2 aliphatic heterocycles. The molecule has 0 radical (unpaired) electrons. The number of ether oxygens (including phenoxy) is 1. The van der Waals surface area contributed by atoms with Gasteiger partial charge in [-0.2, -0.15) is 0 Å². The lowest BCUT2D eigenvalue weighted by molar-refractivity contribution is 0.0374. The van der Waals surface area contributed by atoms with Crippen LogP contribution in [-0.2, 0) is 11.3 Å². The second kappa shape index (κ2) is 11.1. The van der Waals surface area contributed by atoms with Crippen LogP contribution in [0.3, 0.4) is 0 Å². The fraction of sp³-hybridized carbons (Fsp3) is 0.267. The van der Waals surface area contributed by atoms with Gasteiger partial charge in [0.1, 0.15) is 21.9 Å². The first-order valence-electron chi connectivity index (χ1n) is 13.9. The Balaban J connectivity index is 1.13. The fourth-order valence-corrected chi connectivity index (χ4v) is 6.58. The number of nitrogens with one attached hydrogen (secondary N) is 2. The van der Waals surface area contributed by atoms with E-state index in [1.807, 2.05) is 41.1 Å². The van der Waals surface area contributed by atoms with Crippen LogP contribution in [0.1, 0.15) is 21.7 Å². The number of anilines is 3. The van der Waals surface area contributed by atoms with E-state index in [1.165, 1.54) is 34.7 Å². The summed E-state index contributed by atoms with van der Waals surface area (Å²) in [5.74, 6) is -0.0774. The summed E-state index contributed by atoms with van der Waals surface area (Å²) in [5, 5.41) is 7.49. The van der Waals surface area contributed by atoms with Crippen molar-refractivity contribution in [3.63, 3.8) is 0 Å². The van der Waals surface area contributed by atoms with Gasteiger partial charge in [0.25, 0.3) is 5.91 Å². The molecule has 3 amide bonds. The molecule has 2 aromatic carbocycles. The second-order valence-corrected chi connectivity index (χ2v) is 11.3. The molecule has 0 saturated carbocycles. The van der Waals surface area contributed by atoms with Crippen molar-refractivity contribution in [3.05, 3.63) is 77.3 Å². The molecule has 7 rings (SSSR count). The van der Waals surface area contributed by atoms with Crippen molar-refractivity contribution in [2.24, 2.45) is 0 Å². The number of urea groups is 1. The number of morpholine rings is 1. The summed E-state index contributed by atoms with van der Waals surface area (Å²) >= 11 is 1.24. The number of aromatic nitrogens is 3. The number of thiophene rings is 1. The van der Waals surface area contributed by atoms with Crippen LogP contribution in [0.2, 0.25) is 0 Å². The van der Waals surface area contributed by atoms with E-state index in [9.17, 15) is 14.0 Å². The maximum Gasteiger partial charge on any atom is 0.332 e. The number of amides is 3. The molecular weight excluding hydrogens is 557 g/mol. The van der Waals surface area contributed by atoms with Crippen LogP contribution in [0.25, 0.3) is 21.1 Å². The monoisotopic (exact) mass is 585 g/mol. The summed E-state index contributed by atoms with van der Waals surface area (Å²) < 4.78 is 21.1. The van der Waals surface area contributed by atoms with Crippen molar-refractivity contribution in [3.8, 4) is 0 Å². The Kier molecular flexibility index (Phi) is 7.02. The summed E-state index contributed by atoms with van der Waals surface area (Å²) in [5.41, 5.74) is 2.89. The molecule has 0 aliphatic carbocycles. The highest BCUT2D eigenvalue weighted by molar-refractivity contribution is 7.21. The summed E-state index contributed by atoms with van der Waals surface area (Å²) in [6.45, 7) is 5.25. The Morgan fingerprint density at radius 1 is 1.12 bits per heavy atom. The maximum absolute atomic E-state index is 13.7. The van der Waals surface area contributed by atoms with E-state index in [0.717, 1.165) is 55.7 Å². The first-order chi connectivity index (χ1) is 20.5. The van der Waals surface area contributed by atoms with Crippen LogP contribution in [0.5, 0.6) is 0 Å². The Hall–Kier alpha value is -4.39. The minimum absolute atomic E-state index is 0.240. The third kappa shape index (κ3) is 4.97. The lowest BCUT2D eigenvalue weighted by atomic mass is 10.1. The van der Waals surface area contributed by atoms with Gasteiger partial charge in [-0.3, -0.25) is 9.69 Å². The molecule has 5 heterocycles. The first kappa shape index (κ1) is 26.5. The van der Waals surface area contributed by atoms with Crippen molar-refractivity contribution in [1.29, 1.82) is 0 Å². The molecule has 5 aromatic rings. The molecule has 1 fully saturated rings. The number of rotatable bonds is 8. The number of carbonyl (C=O) groups excluding carboxylic acids is 2. The molecule has 12 heteroatoms. The van der Waals surface area contributed by atoms with Crippen LogP contribution in [-0.4, -0.2) is 70.8 Å². The van der Waals surface area contributed by atoms with Crippen molar-refractivity contribution in [1.82, 2.24) is 24.8 Å². The SMILES string of the molecule is O=C(NCCCN1CCOCC1)c1sc2ncnc3c2c1NC(=O)N3c1ccc2c(ccn2Cc2cccc(F)c2)c1. The van der Waals surface area contributed by atoms with Crippen molar-refractivity contribution < 1.29 is 18.7 Å². The molecule has 10 nitrogen and oxygen atoms in total. The molecule has 0 spiro atoms. The van der Waals surface area contributed by atoms with E-state index in [1.54, 1.807) is 6.07 Å². The maximum atomic E-state index is 13.7. The van der Waals surface area contributed by atoms with Gasteiger partial charge >= 0.3 is 6.03 Å². The molecule has 214 valence electrons. The predicted molar refractivity (Wildman–Crippen MR) is 160 cm³/mol. The zero-order chi connectivity index (χ0) is 28.6. The molecule has 0 bridgehead atoms. The van der Waals surface area contributed by atoms with Gasteiger partial charge in [-0.1, -0.05) is 12.1 Å². The number of carbonyl (C=O) groups is 2. The van der Waals surface area contributed by atoms with E-state index in [0.29, 0.717) is 45.4 Å². The zero-order valence-electron chi connectivity index (χ0n) is 22.7. The van der Waals surface area contributed by atoms with Gasteiger partial charge in [0, 0.05) is 43.3 Å². The zero-order valence-corrected chi connectivity index (χ0v) is 23.5. The van der Waals surface area contributed by atoms with Crippen LogP contribution in [0, 0.1) is 5.82 Å². The molecule has 2 aliphatic rings. The minimum atomic E-state index is -0.402. The third-order valence-corrected chi connectivity index (χ3v) is 8.71. The number of benzene rings is 2. The average Bonchev–Trinajstić information content (AvgIpc) is 3.57. The van der Waals surface area contributed by atoms with Gasteiger partial charge in [0.2, 0.25) is 0 Å². The highest BCUT2D eigenvalue weighted by atomic mass is 32.1. The second-order valence-electron chi connectivity index (χ2n) is 10.3. The number of hydrogen-bond acceptors (Lipinski definition) is 7. The van der Waals surface area contributed by atoms with E-state index < -0.39 is 6.03 Å². The van der Waals surface area contributed by atoms with Gasteiger partial charge in [-0.25, -0.2) is 24.1 Å². The predicted octanol–water partition coefficient (Wildman–Crippen LogP) is 4.97. The smallest absolute Gasteiger partial charge is 0.332 e. The largest absolute Gasteiger partial charge is 0.379 e. The van der Waals surface area contributed by atoms with Gasteiger partial charge in [0.15, 0.2) is 5.82 Å². The van der Waals surface area contributed by atoms with Crippen molar-refractivity contribution in [2.45, 2.75) is 13.0 Å². The number of halogens is 1. The summed E-state index contributed by atoms with van der Waals surface area (Å²) in [6, 6.07) is 13.8. The topological polar surface area (TPSA) is 105 Å². The molecule has 0 atom stereocenters. The molecular formula is C30H28FN7O3S. The van der Waals surface area contributed by atoms with E-state index in [4.69, 9.17) is 4.74 Å². The van der Waals surface area contributed by atoms with Gasteiger partial charge in [-0.15, -0.1) is 11.3 Å². The van der Waals surface area contributed by atoms with Gasteiger partial charge < -0.3 is 19.9 Å².